The first-order valence-electron chi connectivity index (χ1n) is 10.7. The van der Waals surface area contributed by atoms with Crippen LogP contribution in [-0.4, -0.2) is 58.2 Å². The minimum absolute atomic E-state index is 0. The molecule has 0 rings (SSSR count). The van der Waals surface area contributed by atoms with E-state index in [1.54, 1.807) is 0 Å². The number of hydrogen-bond donors (Lipinski definition) is 3. The minimum atomic E-state index is -4.67. The standard InChI is InChI=1S/C21H40O2.Na.H2O4S.H/c1-4-5-6-7-8-9-10-11-12-13-14-15-16-17-18-20(19(2)3)21(22)23;;1-5(2,3)4;/h11-12,19-20H,4-10,13-18H2,1-3H3,(H,22,23);;(H2,1,2,3,4);/b12-11-;;;. The van der Waals surface area contributed by atoms with E-state index in [9.17, 15) is 4.79 Å². The van der Waals surface area contributed by atoms with E-state index in [-0.39, 0.29) is 41.4 Å². The molecular formula is C21H43NaO6S. The normalized spacial score (nSPS) is 12.3. The second kappa shape index (κ2) is 22.8. The van der Waals surface area contributed by atoms with Crippen LogP contribution in [0.1, 0.15) is 104 Å². The van der Waals surface area contributed by atoms with Crippen LogP contribution in [0.3, 0.4) is 0 Å². The molecule has 0 saturated heterocycles. The van der Waals surface area contributed by atoms with Crippen molar-refractivity contribution in [2.75, 3.05) is 0 Å². The molecule has 8 heteroatoms. The topological polar surface area (TPSA) is 112 Å². The van der Waals surface area contributed by atoms with Crippen molar-refractivity contribution in [2.24, 2.45) is 11.8 Å². The zero-order valence-corrected chi connectivity index (χ0v) is 18.8. The van der Waals surface area contributed by atoms with E-state index in [4.69, 9.17) is 22.6 Å². The van der Waals surface area contributed by atoms with Gasteiger partial charge in [0.1, 0.15) is 0 Å². The Bertz CT molecular complexity index is 483. The van der Waals surface area contributed by atoms with E-state index < -0.39 is 16.4 Å². The third-order valence-electron chi connectivity index (χ3n) is 4.65. The van der Waals surface area contributed by atoms with Crippen molar-refractivity contribution in [2.45, 2.75) is 104 Å². The Morgan fingerprint density at radius 1 is 0.828 bits per heavy atom. The molecule has 6 nitrogen and oxygen atoms in total. The zero-order chi connectivity index (χ0) is 21.8. The first-order chi connectivity index (χ1) is 13.1. The molecule has 0 aromatic heterocycles. The Morgan fingerprint density at radius 2 is 1.21 bits per heavy atom. The van der Waals surface area contributed by atoms with Crippen molar-refractivity contribution in [1.29, 1.82) is 0 Å². The molecular weight excluding hydrogens is 403 g/mol. The molecule has 0 aromatic rings. The number of allylic oxidation sites excluding steroid dienone is 2. The SMILES string of the molecule is CCCCCCCC/C=C\CCCCCCC(C(=O)O)C(C)C.O=S(=O)(O)O.[NaH]. The number of carboxylic acid groups (broad SMARTS) is 1. The number of unbranched alkanes of at least 4 members (excludes halogenated alkanes) is 10. The van der Waals surface area contributed by atoms with Crippen LogP contribution in [0.2, 0.25) is 0 Å². The van der Waals surface area contributed by atoms with Gasteiger partial charge in [0.05, 0.1) is 5.92 Å². The van der Waals surface area contributed by atoms with E-state index in [0.717, 1.165) is 12.8 Å². The number of aliphatic carboxylic acids is 1. The van der Waals surface area contributed by atoms with Gasteiger partial charge in [-0.05, 0) is 38.0 Å². The van der Waals surface area contributed by atoms with Gasteiger partial charge in [0, 0.05) is 0 Å². The molecule has 0 bridgehead atoms. The van der Waals surface area contributed by atoms with Gasteiger partial charge in [-0.1, -0.05) is 84.3 Å². The Morgan fingerprint density at radius 3 is 1.59 bits per heavy atom. The summed E-state index contributed by atoms with van der Waals surface area (Å²) in [5.41, 5.74) is 0. The molecule has 170 valence electrons. The Labute approximate surface area is 200 Å². The summed E-state index contributed by atoms with van der Waals surface area (Å²) in [7, 11) is -4.67. The first-order valence-corrected chi connectivity index (χ1v) is 12.1. The summed E-state index contributed by atoms with van der Waals surface area (Å²) in [5, 5.41) is 9.14. The van der Waals surface area contributed by atoms with Crippen LogP contribution in [0.4, 0.5) is 0 Å². The van der Waals surface area contributed by atoms with Gasteiger partial charge in [0.15, 0.2) is 0 Å². The molecule has 0 saturated carbocycles. The molecule has 1 atom stereocenters. The summed E-state index contributed by atoms with van der Waals surface area (Å²) >= 11 is 0. The van der Waals surface area contributed by atoms with Crippen molar-refractivity contribution < 1.29 is 27.4 Å². The molecule has 0 aliphatic rings. The number of carbonyl (C=O) groups is 1. The fourth-order valence-corrected chi connectivity index (χ4v) is 3.00. The van der Waals surface area contributed by atoms with Crippen LogP contribution in [0.25, 0.3) is 0 Å². The molecule has 0 spiro atoms. The molecule has 0 aromatic carbocycles. The van der Waals surface area contributed by atoms with E-state index in [0.29, 0.717) is 0 Å². The fraction of sp³-hybridized carbons (Fsp3) is 0.857. The van der Waals surface area contributed by atoms with Crippen molar-refractivity contribution in [1.82, 2.24) is 0 Å². The summed E-state index contributed by atoms with van der Waals surface area (Å²) < 4.78 is 31.6. The molecule has 0 heterocycles. The van der Waals surface area contributed by atoms with Gasteiger partial charge in [-0.2, -0.15) is 8.42 Å². The van der Waals surface area contributed by atoms with Crippen LogP contribution in [-0.2, 0) is 15.2 Å². The molecule has 0 radical (unpaired) electrons. The Balaban J connectivity index is -0.000000997. The Hall–Kier alpha value is 0.0800. The van der Waals surface area contributed by atoms with Crippen LogP contribution >= 0.6 is 0 Å². The van der Waals surface area contributed by atoms with Gasteiger partial charge >= 0.3 is 45.9 Å². The zero-order valence-electron chi connectivity index (χ0n) is 18.0. The van der Waals surface area contributed by atoms with Crippen molar-refractivity contribution >= 4 is 45.9 Å². The second-order valence-electron chi connectivity index (χ2n) is 7.66. The predicted octanol–water partition coefficient (Wildman–Crippen LogP) is 5.69. The molecule has 0 aliphatic carbocycles. The first kappa shape index (κ1) is 33.7. The van der Waals surface area contributed by atoms with E-state index in [1.165, 1.54) is 70.6 Å². The fourth-order valence-electron chi connectivity index (χ4n) is 3.00. The van der Waals surface area contributed by atoms with Crippen LogP contribution < -0.4 is 0 Å². The van der Waals surface area contributed by atoms with Gasteiger partial charge in [0.2, 0.25) is 0 Å². The maximum absolute atomic E-state index is 11.1. The van der Waals surface area contributed by atoms with Gasteiger partial charge in [-0.25, -0.2) is 0 Å². The summed E-state index contributed by atoms with van der Waals surface area (Å²) in [5.74, 6) is -0.540. The van der Waals surface area contributed by atoms with Gasteiger partial charge in [0.25, 0.3) is 0 Å². The number of rotatable bonds is 16. The maximum atomic E-state index is 11.1. The van der Waals surface area contributed by atoms with E-state index >= 15 is 0 Å². The van der Waals surface area contributed by atoms with Crippen molar-refractivity contribution in [3.8, 4) is 0 Å². The molecule has 1 unspecified atom stereocenters. The van der Waals surface area contributed by atoms with E-state index in [1.807, 2.05) is 13.8 Å². The van der Waals surface area contributed by atoms with Gasteiger partial charge in [-0.15, -0.1) is 0 Å². The number of carboxylic acids is 1. The average molecular weight is 447 g/mol. The van der Waals surface area contributed by atoms with Gasteiger partial charge in [-0.3, -0.25) is 13.9 Å². The number of hydrogen-bond acceptors (Lipinski definition) is 3. The quantitative estimate of drug-likeness (QED) is 0.121. The summed E-state index contributed by atoms with van der Waals surface area (Å²) in [6.07, 6.45) is 20.9. The molecule has 0 fully saturated rings. The molecule has 0 aliphatic heterocycles. The molecule has 29 heavy (non-hydrogen) atoms. The van der Waals surface area contributed by atoms with Crippen molar-refractivity contribution in [3.63, 3.8) is 0 Å². The Kier molecular flexibility index (Phi) is 26.5. The second-order valence-corrected chi connectivity index (χ2v) is 8.55. The van der Waals surface area contributed by atoms with Crippen LogP contribution in [0.15, 0.2) is 12.2 Å². The van der Waals surface area contributed by atoms with Crippen LogP contribution in [0.5, 0.6) is 0 Å². The monoisotopic (exact) mass is 446 g/mol. The predicted molar refractivity (Wildman–Crippen MR) is 122 cm³/mol. The summed E-state index contributed by atoms with van der Waals surface area (Å²) in [6, 6.07) is 0. The summed E-state index contributed by atoms with van der Waals surface area (Å²) in [6.45, 7) is 6.28. The molecule has 0 amide bonds. The third-order valence-corrected chi connectivity index (χ3v) is 4.65. The summed E-state index contributed by atoms with van der Waals surface area (Å²) in [4.78, 5) is 11.1. The van der Waals surface area contributed by atoms with Crippen molar-refractivity contribution in [3.05, 3.63) is 12.2 Å². The average Bonchev–Trinajstić information content (AvgIpc) is 2.56. The van der Waals surface area contributed by atoms with Crippen LogP contribution in [0, 0.1) is 11.8 Å². The van der Waals surface area contributed by atoms with E-state index in [2.05, 4.69) is 19.1 Å². The third kappa shape index (κ3) is 32.9. The molecule has 3 N–H and O–H groups in total. The van der Waals surface area contributed by atoms with Gasteiger partial charge < -0.3 is 5.11 Å².